The number of ether oxygens (including phenoxy) is 1. The number of phenolic OH excluding ortho intramolecular Hbond substituents is 1. The molecule has 3 N–H and O–H groups in total. The lowest BCUT2D eigenvalue weighted by Gasteiger charge is -2.41. The largest absolute Gasteiger partial charge is 0.506 e. The van der Waals surface area contributed by atoms with Gasteiger partial charge in [-0.3, -0.25) is 4.79 Å². The van der Waals surface area contributed by atoms with Gasteiger partial charge in [-0.05, 0) is 124 Å². The number of urea groups is 2. The van der Waals surface area contributed by atoms with Crippen molar-refractivity contribution >= 4 is 61.5 Å². The van der Waals surface area contributed by atoms with E-state index in [9.17, 15) is 24.3 Å². The van der Waals surface area contributed by atoms with Crippen LogP contribution in [0.5, 0.6) is 5.75 Å². The van der Waals surface area contributed by atoms with Crippen LogP contribution < -0.4 is 10.6 Å². The van der Waals surface area contributed by atoms with Gasteiger partial charge in [0.2, 0.25) is 5.91 Å². The number of hydrogen-bond acceptors (Lipinski definition) is 6. The highest BCUT2D eigenvalue weighted by Gasteiger charge is 2.35. The molecule has 3 heterocycles. The number of esters is 1. The first-order valence-electron chi connectivity index (χ1n) is 17.5. The van der Waals surface area contributed by atoms with Gasteiger partial charge in [0.1, 0.15) is 11.8 Å². The van der Waals surface area contributed by atoms with Crippen LogP contribution in [0.25, 0.3) is 0 Å². The molecule has 0 saturated carbocycles. The van der Waals surface area contributed by atoms with Crippen LogP contribution in [-0.2, 0) is 28.9 Å². The van der Waals surface area contributed by atoms with Crippen LogP contribution >= 0.6 is 31.9 Å². The Labute approximate surface area is 314 Å². The summed E-state index contributed by atoms with van der Waals surface area (Å²) >= 11 is 6.78. The number of aromatic hydroxyl groups is 1. The number of carbonyl (C=O) groups excluding carboxylic acids is 4. The maximum Gasteiger partial charge on any atom is 0.338 e. The zero-order valence-corrected chi connectivity index (χ0v) is 31.7. The van der Waals surface area contributed by atoms with E-state index < -0.39 is 6.04 Å². The topological polar surface area (TPSA) is 132 Å². The minimum atomic E-state index is -0.810. The van der Waals surface area contributed by atoms with E-state index >= 15 is 0 Å². The predicted octanol–water partition coefficient (Wildman–Crippen LogP) is 6.71. The van der Waals surface area contributed by atoms with Crippen molar-refractivity contribution in [1.82, 2.24) is 20.0 Å². The number of benzene rings is 3. The molecule has 0 aliphatic carbocycles. The molecule has 6 rings (SSSR count). The Hall–Kier alpha value is -4.10. The maximum atomic E-state index is 14.1. The number of phenols is 1. The van der Waals surface area contributed by atoms with Crippen molar-refractivity contribution in [3.63, 3.8) is 0 Å². The van der Waals surface area contributed by atoms with Crippen molar-refractivity contribution < 1.29 is 29.0 Å². The van der Waals surface area contributed by atoms with Gasteiger partial charge in [0.15, 0.2) is 0 Å². The number of nitrogens with one attached hydrogen (secondary N) is 2. The van der Waals surface area contributed by atoms with E-state index in [1.165, 1.54) is 0 Å². The van der Waals surface area contributed by atoms with Crippen LogP contribution in [0.15, 0.2) is 69.6 Å². The van der Waals surface area contributed by atoms with E-state index in [1.807, 2.05) is 46.2 Å². The second-order valence-electron chi connectivity index (χ2n) is 13.4. The van der Waals surface area contributed by atoms with Crippen molar-refractivity contribution in [3.05, 3.63) is 91.9 Å². The second-order valence-corrected chi connectivity index (χ2v) is 15.1. The number of rotatable bonds is 9. The number of carbonyl (C=O) groups is 4. The van der Waals surface area contributed by atoms with Gasteiger partial charge in [0.25, 0.3) is 0 Å². The van der Waals surface area contributed by atoms with Gasteiger partial charge in [-0.15, -0.1) is 0 Å². The average Bonchev–Trinajstić information content (AvgIpc) is 3.13. The number of nitrogens with zero attached hydrogens (tertiary/aromatic N) is 3. The van der Waals surface area contributed by atoms with Crippen LogP contribution in [0.4, 0.5) is 15.3 Å². The molecule has 270 valence electrons. The van der Waals surface area contributed by atoms with Gasteiger partial charge in [-0.25, -0.2) is 14.4 Å². The first-order chi connectivity index (χ1) is 24.6. The van der Waals surface area contributed by atoms with Gasteiger partial charge in [0.05, 0.1) is 21.1 Å². The second kappa shape index (κ2) is 16.5. The van der Waals surface area contributed by atoms with Gasteiger partial charge in [-0.1, -0.05) is 30.3 Å². The molecule has 11 nitrogen and oxygen atoms in total. The lowest BCUT2D eigenvalue weighted by Crippen LogP contribution is -2.57. The van der Waals surface area contributed by atoms with Crippen molar-refractivity contribution in [1.29, 1.82) is 0 Å². The molecule has 3 aromatic carbocycles. The Balaban J connectivity index is 1.07. The van der Waals surface area contributed by atoms with Gasteiger partial charge in [-0.2, -0.15) is 0 Å². The van der Waals surface area contributed by atoms with E-state index in [1.54, 1.807) is 36.1 Å². The fourth-order valence-electron chi connectivity index (χ4n) is 7.21. The molecule has 0 unspecified atom stereocenters. The molecule has 0 aromatic heterocycles. The van der Waals surface area contributed by atoms with Crippen LogP contribution in [0.3, 0.4) is 0 Å². The standard InChI is InChI=1S/C38H43Br2N5O6/c1-2-51-36(48)27-9-7-24(8-10-27)19-25-11-15-43(16-12-25)35(47)33(22-26-20-30(39)34(46)31(40)21-26)42-37(49)44-17-13-29(14-18-44)45-23-28-5-3-4-6-32(28)41-38(45)50/h3-10,20-21,25,29,33,46H,2,11-19,22-23H2,1H3,(H,41,50)(H,42,49)/t33-/m1/s1. The Bertz CT molecular complexity index is 1730. The Morgan fingerprint density at radius 3 is 2.24 bits per heavy atom. The Kier molecular flexibility index (Phi) is 11.9. The van der Waals surface area contributed by atoms with Crippen molar-refractivity contribution in [2.24, 2.45) is 5.92 Å². The molecule has 2 saturated heterocycles. The minimum Gasteiger partial charge on any atom is -0.506 e. The molecule has 3 aliphatic heterocycles. The molecule has 2 fully saturated rings. The number of likely N-dealkylation sites (tertiary alicyclic amines) is 2. The fourth-order valence-corrected chi connectivity index (χ4v) is 8.49. The highest BCUT2D eigenvalue weighted by atomic mass is 79.9. The van der Waals surface area contributed by atoms with E-state index in [0.29, 0.717) is 72.6 Å². The number of fused-ring (bicyclic) bond motifs is 1. The molecular weight excluding hydrogens is 782 g/mol. The summed E-state index contributed by atoms with van der Waals surface area (Å²) in [6, 6.07) is 17.6. The highest BCUT2D eigenvalue weighted by Crippen LogP contribution is 2.34. The molecule has 51 heavy (non-hydrogen) atoms. The van der Waals surface area contributed by atoms with Crippen molar-refractivity contribution in [2.45, 2.75) is 64.1 Å². The van der Waals surface area contributed by atoms with E-state index in [2.05, 4.69) is 42.5 Å². The SMILES string of the molecule is CCOC(=O)c1ccc(CC2CCN(C(=O)[C@@H](Cc3cc(Br)c(O)c(Br)c3)NC(=O)N3CCC(N4Cc5ccccc5NC4=O)CC3)CC2)cc1. The first kappa shape index (κ1) is 36.7. The number of para-hydroxylation sites is 1. The third-order valence-electron chi connectivity index (χ3n) is 10.1. The maximum absolute atomic E-state index is 14.1. The number of amides is 5. The molecule has 13 heteroatoms. The third kappa shape index (κ3) is 8.86. The average molecular weight is 826 g/mol. The minimum absolute atomic E-state index is 0.00308. The number of hydrogen-bond donors (Lipinski definition) is 3. The summed E-state index contributed by atoms with van der Waals surface area (Å²) in [5.74, 6) is -0.0141. The molecule has 0 bridgehead atoms. The molecule has 3 aromatic rings. The summed E-state index contributed by atoms with van der Waals surface area (Å²) in [6.45, 7) is 4.73. The number of anilines is 1. The van der Waals surface area contributed by atoms with Crippen molar-refractivity contribution in [3.8, 4) is 5.75 Å². The molecule has 1 atom stereocenters. The van der Waals surface area contributed by atoms with E-state index in [0.717, 1.165) is 41.6 Å². The highest BCUT2D eigenvalue weighted by molar-refractivity contribution is 9.11. The summed E-state index contributed by atoms with van der Waals surface area (Å²) in [4.78, 5) is 58.1. The lowest BCUT2D eigenvalue weighted by atomic mass is 9.89. The van der Waals surface area contributed by atoms with Crippen LogP contribution in [0.2, 0.25) is 0 Å². The zero-order chi connectivity index (χ0) is 36.1. The molecule has 3 aliphatic rings. The molecule has 0 spiro atoms. The van der Waals surface area contributed by atoms with E-state index in [4.69, 9.17) is 4.74 Å². The first-order valence-corrected chi connectivity index (χ1v) is 19.1. The fraction of sp³-hybridized carbons (Fsp3) is 0.421. The zero-order valence-electron chi connectivity index (χ0n) is 28.6. The monoisotopic (exact) mass is 823 g/mol. The van der Waals surface area contributed by atoms with E-state index in [-0.39, 0.29) is 42.2 Å². The Morgan fingerprint density at radius 1 is 0.922 bits per heavy atom. The summed E-state index contributed by atoms with van der Waals surface area (Å²) in [5.41, 5.74) is 4.36. The Morgan fingerprint density at radius 2 is 1.57 bits per heavy atom. The quantitative estimate of drug-likeness (QED) is 0.206. The lowest BCUT2D eigenvalue weighted by molar-refractivity contribution is -0.134. The smallest absolute Gasteiger partial charge is 0.338 e. The molecular formula is C38H43Br2N5O6. The van der Waals surface area contributed by atoms with Crippen LogP contribution in [0, 0.1) is 5.92 Å². The number of halogens is 2. The normalized spacial score (nSPS) is 17.4. The van der Waals surface area contributed by atoms with Crippen molar-refractivity contribution in [2.75, 3.05) is 38.1 Å². The summed E-state index contributed by atoms with van der Waals surface area (Å²) in [7, 11) is 0. The summed E-state index contributed by atoms with van der Waals surface area (Å²) in [5, 5.41) is 16.3. The summed E-state index contributed by atoms with van der Waals surface area (Å²) < 4.78 is 6.07. The summed E-state index contributed by atoms with van der Waals surface area (Å²) in [6.07, 6.45) is 4.02. The molecule has 5 amide bonds. The predicted molar refractivity (Wildman–Crippen MR) is 201 cm³/mol. The van der Waals surface area contributed by atoms with Crippen LogP contribution in [0.1, 0.15) is 59.7 Å². The number of piperidine rings is 2. The van der Waals surface area contributed by atoms with Crippen LogP contribution in [-0.4, -0.2) is 88.6 Å². The van der Waals surface area contributed by atoms with Gasteiger partial charge < -0.3 is 35.2 Å². The van der Waals surface area contributed by atoms with Gasteiger partial charge >= 0.3 is 18.0 Å². The van der Waals surface area contributed by atoms with Gasteiger partial charge in [0, 0.05) is 50.9 Å². The third-order valence-corrected chi connectivity index (χ3v) is 11.3. The molecule has 0 radical (unpaired) electrons.